The molecule has 0 bridgehead atoms. The van der Waals surface area contributed by atoms with Crippen LogP contribution in [0.5, 0.6) is 0 Å². The largest absolute Gasteiger partial charge is 0.336 e. The van der Waals surface area contributed by atoms with Crippen molar-refractivity contribution < 1.29 is 9.59 Å². The second kappa shape index (κ2) is 6.02. The number of hydrogen-bond acceptors (Lipinski definition) is 3. The molecule has 0 radical (unpaired) electrons. The van der Waals surface area contributed by atoms with Crippen LogP contribution in [-0.4, -0.2) is 48.0 Å². The van der Waals surface area contributed by atoms with Crippen LogP contribution in [0.1, 0.15) is 34.6 Å². The molecule has 1 N–H and O–H groups in total. The topological polar surface area (TPSA) is 54.3 Å². The fourth-order valence-corrected chi connectivity index (χ4v) is 2.64. The minimum absolute atomic E-state index is 0.216. The molecule has 2 rings (SSSR count). The van der Waals surface area contributed by atoms with E-state index in [2.05, 4.69) is 10.2 Å². The maximum Gasteiger partial charge on any atom is 0.326 e. The van der Waals surface area contributed by atoms with Gasteiger partial charge in [0.25, 0.3) is 0 Å². The van der Waals surface area contributed by atoms with Crippen molar-refractivity contribution >= 4 is 12.3 Å². The van der Waals surface area contributed by atoms with Crippen molar-refractivity contribution in [2.45, 2.75) is 26.7 Å². The van der Waals surface area contributed by atoms with E-state index in [-0.39, 0.29) is 6.03 Å². The number of nitrogens with one attached hydrogen (secondary N) is 1. The Kier molecular flexibility index (Phi) is 4.37. The molecule has 0 saturated carbocycles. The van der Waals surface area contributed by atoms with Crippen LogP contribution < -0.4 is 5.32 Å². The molecule has 0 atom stereocenters. The average molecular weight is 263 g/mol. The van der Waals surface area contributed by atoms with E-state index in [1.54, 1.807) is 0 Å². The minimum Gasteiger partial charge on any atom is -0.336 e. The molecule has 0 spiro atoms. The molecule has 0 unspecified atom stereocenters. The Morgan fingerprint density at radius 3 is 2.68 bits per heavy atom. The number of aryl methyl sites for hydroxylation is 2. The quantitative estimate of drug-likeness (QED) is 0.839. The summed E-state index contributed by atoms with van der Waals surface area (Å²) in [5.41, 5.74) is 2.07. The van der Waals surface area contributed by atoms with Gasteiger partial charge in [-0.25, -0.2) is 4.79 Å². The van der Waals surface area contributed by atoms with Gasteiger partial charge in [0, 0.05) is 18.8 Å². The lowest BCUT2D eigenvalue weighted by molar-refractivity contribution is 0.111. The van der Waals surface area contributed by atoms with Gasteiger partial charge in [0.2, 0.25) is 0 Å². The Morgan fingerprint density at radius 2 is 2.05 bits per heavy atom. The zero-order chi connectivity index (χ0) is 13.8. The van der Waals surface area contributed by atoms with Crippen molar-refractivity contribution in [1.82, 2.24) is 14.8 Å². The third-order valence-electron chi connectivity index (χ3n) is 3.64. The normalized spacial score (nSPS) is 15.7. The Hall–Kier alpha value is -1.62. The predicted octanol–water partition coefficient (Wildman–Crippen LogP) is 1.57. The Morgan fingerprint density at radius 1 is 1.37 bits per heavy atom. The summed E-state index contributed by atoms with van der Waals surface area (Å²) in [6, 6.07) is 1.64. The molecular formula is C14H21N3O2. The van der Waals surface area contributed by atoms with Crippen LogP contribution in [0.2, 0.25) is 0 Å². The molecule has 0 aliphatic carbocycles. The van der Waals surface area contributed by atoms with Gasteiger partial charge in [-0.3, -0.25) is 9.36 Å². The van der Waals surface area contributed by atoms with E-state index in [0.29, 0.717) is 12.2 Å². The fraction of sp³-hybridized carbons (Fsp3) is 0.571. The van der Waals surface area contributed by atoms with Gasteiger partial charge in [-0.2, -0.15) is 0 Å². The molecule has 1 aliphatic heterocycles. The SMILES string of the molecule is Cc1cc(C)n(C(=O)NCCN2CCCC2)c1C=O. The van der Waals surface area contributed by atoms with Crippen molar-refractivity contribution in [3.05, 3.63) is 23.0 Å². The summed E-state index contributed by atoms with van der Waals surface area (Å²) in [4.78, 5) is 25.5. The molecule has 1 fully saturated rings. The molecule has 5 heteroatoms. The van der Waals surface area contributed by atoms with E-state index < -0.39 is 0 Å². The highest BCUT2D eigenvalue weighted by Crippen LogP contribution is 2.12. The van der Waals surface area contributed by atoms with Gasteiger partial charge in [0.05, 0.1) is 5.69 Å². The predicted molar refractivity (Wildman–Crippen MR) is 73.8 cm³/mol. The molecule has 1 aromatic rings. The van der Waals surface area contributed by atoms with Gasteiger partial charge >= 0.3 is 6.03 Å². The summed E-state index contributed by atoms with van der Waals surface area (Å²) in [7, 11) is 0. The van der Waals surface area contributed by atoms with E-state index in [1.807, 2.05) is 19.9 Å². The lowest BCUT2D eigenvalue weighted by Crippen LogP contribution is -2.36. The summed E-state index contributed by atoms with van der Waals surface area (Å²) in [5, 5.41) is 2.88. The van der Waals surface area contributed by atoms with Crippen LogP contribution in [0, 0.1) is 13.8 Å². The second-order valence-electron chi connectivity index (χ2n) is 5.09. The molecule has 104 valence electrons. The third-order valence-corrected chi connectivity index (χ3v) is 3.64. The highest BCUT2D eigenvalue weighted by atomic mass is 16.2. The fourth-order valence-electron chi connectivity index (χ4n) is 2.64. The molecule has 2 heterocycles. The lowest BCUT2D eigenvalue weighted by Gasteiger charge is -2.15. The molecule has 1 saturated heterocycles. The summed E-state index contributed by atoms with van der Waals surface area (Å²) < 4.78 is 1.45. The first-order chi connectivity index (χ1) is 9.13. The van der Waals surface area contributed by atoms with Crippen LogP contribution in [-0.2, 0) is 0 Å². The van der Waals surface area contributed by atoms with E-state index in [0.717, 1.165) is 37.2 Å². The van der Waals surface area contributed by atoms with Gasteiger partial charge in [-0.1, -0.05) is 0 Å². The molecule has 1 aliphatic rings. The van der Waals surface area contributed by atoms with Crippen LogP contribution in [0.25, 0.3) is 0 Å². The number of nitrogens with zero attached hydrogens (tertiary/aromatic N) is 2. The third kappa shape index (κ3) is 3.04. The Balaban J connectivity index is 1.94. The summed E-state index contributed by atoms with van der Waals surface area (Å²) in [6.07, 6.45) is 3.24. The number of carbonyl (C=O) groups excluding carboxylic acids is 2. The number of aromatic nitrogens is 1. The number of rotatable bonds is 4. The molecule has 5 nitrogen and oxygen atoms in total. The van der Waals surface area contributed by atoms with Crippen LogP contribution >= 0.6 is 0 Å². The van der Waals surface area contributed by atoms with Crippen molar-refractivity contribution in [3.63, 3.8) is 0 Å². The highest BCUT2D eigenvalue weighted by molar-refractivity contribution is 5.87. The molecule has 0 aromatic carbocycles. The summed E-state index contributed by atoms with van der Waals surface area (Å²) in [6.45, 7) is 7.41. The van der Waals surface area contributed by atoms with E-state index in [9.17, 15) is 9.59 Å². The van der Waals surface area contributed by atoms with E-state index in [1.165, 1.54) is 17.4 Å². The molecule has 1 aromatic heterocycles. The monoisotopic (exact) mass is 263 g/mol. The molecule has 19 heavy (non-hydrogen) atoms. The standard InChI is InChI=1S/C14H21N3O2/c1-11-9-12(2)17(13(11)10-18)14(19)15-5-8-16-6-3-4-7-16/h9-10H,3-8H2,1-2H3,(H,15,19). The first kappa shape index (κ1) is 13.8. The number of amides is 1. The van der Waals surface area contributed by atoms with E-state index in [4.69, 9.17) is 0 Å². The van der Waals surface area contributed by atoms with Gasteiger partial charge < -0.3 is 10.2 Å². The molecule has 1 amide bonds. The number of likely N-dealkylation sites (tertiary alicyclic amines) is 1. The van der Waals surface area contributed by atoms with Crippen molar-refractivity contribution in [3.8, 4) is 0 Å². The Labute approximate surface area is 113 Å². The summed E-state index contributed by atoms with van der Waals surface area (Å²) >= 11 is 0. The zero-order valence-electron chi connectivity index (χ0n) is 11.6. The van der Waals surface area contributed by atoms with Gasteiger partial charge in [0.1, 0.15) is 0 Å². The van der Waals surface area contributed by atoms with Gasteiger partial charge in [-0.05, 0) is 51.4 Å². The van der Waals surface area contributed by atoms with Crippen molar-refractivity contribution in [1.29, 1.82) is 0 Å². The van der Waals surface area contributed by atoms with Crippen LogP contribution in [0.3, 0.4) is 0 Å². The first-order valence-corrected chi connectivity index (χ1v) is 6.78. The maximum atomic E-state index is 12.1. The minimum atomic E-state index is -0.216. The van der Waals surface area contributed by atoms with Gasteiger partial charge in [-0.15, -0.1) is 0 Å². The van der Waals surface area contributed by atoms with Crippen LogP contribution in [0.15, 0.2) is 6.07 Å². The van der Waals surface area contributed by atoms with Crippen molar-refractivity contribution in [2.75, 3.05) is 26.2 Å². The number of aldehydes is 1. The summed E-state index contributed by atoms with van der Waals surface area (Å²) in [5.74, 6) is 0. The first-order valence-electron chi connectivity index (χ1n) is 6.78. The zero-order valence-corrected chi connectivity index (χ0v) is 11.6. The maximum absolute atomic E-state index is 12.1. The second-order valence-corrected chi connectivity index (χ2v) is 5.09. The van der Waals surface area contributed by atoms with Crippen molar-refractivity contribution in [2.24, 2.45) is 0 Å². The smallest absolute Gasteiger partial charge is 0.326 e. The van der Waals surface area contributed by atoms with E-state index >= 15 is 0 Å². The molecular weight excluding hydrogens is 242 g/mol. The Bertz CT molecular complexity index is 473. The average Bonchev–Trinajstić information content (AvgIpc) is 2.96. The highest BCUT2D eigenvalue weighted by Gasteiger charge is 2.16. The van der Waals surface area contributed by atoms with Gasteiger partial charge in [0.15, 0.2) is 6.29 Å². The lowest BCUT2D eigenvalue weighted by atomic mass is 10.3. The number of hydrogen-bond donors (Lipinski definition) is 1. The number of carbonyl (C=O) groups is 2. The van der Waals surface area contributed by atoms with Crippen LogP contribution in [0.4, 0.5) is 4.79 Å².